The number of hydrogen-bond donors (Lipinski definition) is 0. The molecule has 2 atom stereocenters. The summed E-state index contributed by atoms with van der Waals surface area (Å²) < 4.78 is 0. The fourth-order valence-corrected chi connectivity index (χ4v) is 7.57. The first-order chi connectivity index (χ1) is 19.7. The Kier molecular flexibility index (Phi) is 7.46. The molecule has 0 aromatic heterocycles. The fraction of sp³-hybridized carbons (Fsp3) is 0.324. The van der Waals surface area contributed by atoms with Crippen molar-refractivity contribution >= 4 is 5.69 Å². The average Bonchev–Trinajstić information content (AvgIpc) is 3.39. The van der Waals surface area contributed by atoms with Crippen LogP contribution in [0.3, 0.4) is 0 Å². The van der Waals surface area contributed by atoms with Crippen LogP contribution in [0.2, 0.25) is 0 Å². The molecule has 6 rings (SSSR count). The van der Waals surface area contributed by atoms with E-state index in [2.05, 4.69) is 133 Å². The number of rotatable bonds is 9. The molecule has 2 aliphatic rings. The molecule has 3 heteroatoms. The lowest BCUT2D eigenvalue weighted by atomic mass is 9.75. The zero-order valence-electron chi connectivity index (χ0n) is 23.8. The molecule has 0 bridgehead atoms. The lowest BCUT2D eigenvalue weighted by Crippen LogP contribution is -2.48. The van der Waals surface area contributed by atoms with Crippen molar-refractivity contribution in [2.75, 3.05) is 24.5 Å². The highest BCUT2D eigenvalue weighted by Crippen LogP contribution is 2.54. The monoisotopic (exact) mass is 525 g/mol. The Morgan fingerprint density at radius 1 is 0.775 bits per heavy atom. The smallest absolute Gasteiger partial charge is 0.116 e. The van der Waals surface area contributed by atoms with Gasteiger partial charge in [0.1, 0.15) is 5.54 Å². The van der Waals surface area contributed by atoms with Crippen molar-refractivity contribution in [1.29, 1.82) is 5.26 Å². The third-order valence-corrected chi connectivity index (χ3v) is 9.07. The molecule has 0 fully saturated rings. The van der Waals surface area contributed by atoms with Crippen LogP contribution in [0.25, 0.3) is 0 Å². The van der Waals surface area contributed by atoms with Crippen LogP contribution in [0, 0.1) is 11.3 Å². The van der Waals surface area contributed by atoms with Crippen molar-refractivity contribution < 1.29 is 0 Å². The molecule has 0 N–H and O–H groups in total. The minimum atomic E-state index is -0.495. The molecule has 4 aromatic rings. The van der Waals surface area contributed by atoms with E-state index < -0.39 is 5.54 Å². The molecule has 1 heterocycles. The van der Waals surface area contributed by atoms with Gasteiger partial charge in [-0.2, -0.15) is 5.26 Å². The molecule has 1 aliphatic carbocycles. The van der Waals surface area contributed by atoms with E-state index in [0.29, 0.717) is 12.0 Å². The van der Waals surface area contributed by atoms with Gasteiger partial charge >= 0.3 is 0 Å². The topological polar surface area (TPSA) is 30.3 Å². The van der Waals surface area contributed by atoms with Crippen molar-refractivity contribution in [3.05, 3.63) is 137 Å². The highest BCUT2D eigenvalue weighted by Gasteiger charge is 2.49. The Bertz CT molecular complexity index is 1370. The van der Waals surface area contributed by atoms with Gasteiger partial charge in [-0.1, -0.05) is 105 Å². The summed E-state index contributed by atoms with van der Waals surface area (Å²) in [4.78, 5) is 5.36. The van der Waals surface area contributed by atoms with Gasteiger partial charge < -0.3 is 9.80 Å². The first-order valence-electron chi connectivity index (χ1n) is 15.0. The summed E-state index contributed by atoms with van der Waals surface area (Å²) in [7, 11) is 0. The predicted molar refractivity (Wildman–Crippen MR) is 165 cm³/mol. The van der Waals surface area contributed by atoms with Crippen molar-refractivity contribution in [3.8, 4) is 6.07 Å². The first-order valence-corrected chi connectivity index (χ1v) is 15.0. The van der Waals surface area contributed by atoms with Crippen LogP contribution in [0.4, 0.5) is 5.69 Å². The predicted octanol–water partition coefficient (Wildman–Crippen LogP) is 7.89. The summed E-state index contributed by atoms with van der Waals surface area (Å²) >= 11 is 0. The lowest BCUT2D eigenvalue weighted by molar-refractivity contribution is 0.171. The molecule has 0 unspecified atom stereocenters. The van der Waals surface area contributed by atoms with E-state index in [9.17, 15) is 5.26 Å². The van der Waals surface area contributed by atoms with Gasteiger partial charge in [-0.25, -0.2) is 0 Å². The van der Waals surface area contributed by atoms with Gasteiger partial charge in [0.2, 0.25) is 0 Å². The van der Waals surface area contributed by atoms with Crippen molar-refractivity contribution in [2.45, 2.75) is 57.0 Å². The quantitative estimate of drug-likeness (QED) is 0.208. The standard InChI is InChI=1S/C37H39N3/c1-3-22-39(23-4-2)33-24-29-27-40(35-21-20-28(26-38)34(25-33)36(29)35)37(30-14-8-5-9-15-30,31-16-10-6-11-17-31)32-18-12-7-13-19-32/h5-21,29,33H,3-4,22-25,27H2,1-2H3/t29-,33+/m1/s1. The van der Waals surface area contributed by atoms with Crippen LogP contribution in [0.5, 0.6) is 0 Å². The average molecular weight is 526 g/mol. The van der Waals surface area contributed by atoms with Gasteiger partial charge in [-0.05, 0) is 78.7 Å². The SMILES string of the molecule is CCCN(CCC)[C@@H]1Cc2c(C#N)ccc3c2[C@H](C1)CN3C(c1ccccc1)(c1ccccc1)c1ccccc1. The Morgan fingerprint density at radius 3 is 1.77 bits per heavy atom. The van der Waals surface area contributed by atoms with E-state index in [1.165, 1.54) is 33.5 Å². The molecule has 4 aromatic carbocycles. The summed E-state index contributed by atoms with van der Waals surface area (Å²) in [5.74, 6) is 0.392. The Hall–Kier alpha value is -3.87. The molecule has 0 radical (unpaired) electrons. The van der Waals surface area contributed by atoms with E-state index in [4.69, 9.17) is 0 Å². The maximum Gasteiger partial charge on any atom is 0.116 e. The zero-order chi connectivity index (χ0) is 27.5. The molecule has 0 saturated carbocycles. The van der Waals surface area contributed by atoms with Gasteiger partial charge in [0.15, 0.2) is 0 Å². The maximum atomic E-state index is 10.2. The van der Waals surface area contributed by atoms with Crippen LogP contribution in [-0.4, -0.2) is 30.6 Å². The third-order valence-electron chi connectivity index (χ3n) is 9.07. The number of anilines is 1. The minimum Gasteiger partial charge on any atom is -0.353 e. The van der Waals surface area contributed by atoms with E-state index in [1.54, 1.807) is 0 Å². The number of hydrogen-bond acceptors (Lipinski definition) is 3. The highest BCUT2D eigenvalue weighted by molar-refractivity contribution is 5.73. The highest BCUT2D eigenvalue weighted by atomic mass is 15.2. The summed E-state index contributed by atoms with van der Waals surface area (Å²) in [6.45, 7) is 7.73. The van der Waals surface area contributed by atoms with E-state index >= 15 is 0 Å². The van der Waals surface area contributed by atoms with Gasteiger partial charge in [-0.15, -0.1) is 0 Å². The molecule has 0 amide bonds. The second-order valence-electron chi connectivity index (χ2n) is 11.4. The van der Waals surface area contributed by atoms with Gasteiger partial charge in [-0.3, -0.25) is 0 Å². The fourth-order valence-electron chi connectivity index (χ4n) is 7.57. The molecule has 3 nitrogen and oxygen atoms in total. The normalized spacial score (nSPS) is 18.0. The molecule has 0 spiro atoms. The molecule has 1 aliphatic heterocycles. The van der Waals surface area contributed by atoms with Gasteiger partial charge in [0.05, 0.1) is 11.6 Å². The number of benzene rings is 4. The second-order valence-corrected chi connectivity index (χ2v) is 11.4. The first kappa shape index (κ1) is 26.4. The van der Waals surface area contributed by atoms with Crippen molar-refractivity contribution in [1.82, 2.24) is 4.90 Å². The summed E-state index contributed by atoms with van der Waals surface area (Å²) in [5, 5.41) is 10.2. The van der Waals surface area contributed by atoms with E-state index in [0.717, 1.165) is 50.9 Å². The van der Waals surface area contributed by atoms with Crippen molar-refractivity contribution in [2.24, 2.45) is 0 Å². The minimum absolute atomic E-state index is 0.392. The van der Waals surface area contributed by atoms with Crippen LogP contribution < -0.4 is 4.90 Å². The summed E-state index contributed by atoms with van der Waals surface area (Å²) in [5.41, 5.74) is 8.13. The number of nitriles is 1. The zero-order valence-corrected chi connectivity index (χ0v) is 23.8. The van der Waals surface area contributed by atoms with E-state index in [1.807, 2.05) is 0 Å². The van der Waals surface area contributed by atoms with Crippen LogP contribution in [0.1, 0.15) is 72.4 Å². The second kappa shape index (κ2) is 11.3. The van der Waals surface area contributed by atoms with E-state index in [-0.39, 0.29) is 0 Å². The summed E-state index contributed by atoms with van der Waals surface area (Å²) in [6.07, 6.45) is 4.42. The Morgan fingerprint density at radius 2 is 1.30 bits per heavy atom. The number of nitrogens with zero attached hydrogens (tertiary/aromatic N) is 3. The molecular weight excluding hydrogens is 486 g/mol. The maximum absolute atomic E-state index is 10.2. The van der Waals surface area contributed by atoms with Crippen LogP contribution in [0.15, 0.2) is 103 Å². The lowest BCUT2D eigenvalue weighted by Gasteiger charge is -2.45. The molecule has 0 saturated heterocycles. The Labute approximate surface area is 239 Å². The van der Waals surface area contributed by atoms with Crippen LogP contribution >= 0.6 is 0 Å². The molecule has 202 valence electrons. The Balaban J connectivity index is 1.58. The van der Waals surface area contributed by atoms with Gasteiger partial charge in [0.25, 0.3) is 0 Å². The van der Waals surface area contributed by atoms with Crippen LogP contribution in [-0.2, 0) is 12.0 Å². The largest absolute Gasteiger partial charge is 0.353 e. The molecular formula is C37H39N3. The van der Waals surface area contributed by atoms with Gasteiger partial charge in [0, 0.05) is 24.2 Å². The summed E-state index contributed by atoms with van der Waals surface area (Å²) in [6, 6.07) is 40.3. The molecule has 40 heavy (non-hydrogen) atoms. The van der Waals surface area contributed by atoms with Crippen molar-refractivity contribution in [3.63, 3.8) is 0 Å². The third kappa shape index (κ3) is 4.32.